The summed E-state index contributed by atoms with van der Waals surface area (Å²) in [5, 5.41) is 8.60. The second kappa shape index (κ2) is 5.71. The lowest BCUT2D eigenvalue weighted by Gasteiger charge is -1.98. The average Bonchev–Trinajstić information content (AvgIpc) is 3.10. The summed E-state index contributed by atoms with van der Waals surface area (Å²) in [6.07, 6.45) is 1.42. The van der Waals surface area contributed by atoms with Gasteiger partial charge in [-0.25, -0.2) is 4.98 Å². The Balaban J connectivity index is 1.77. The predicted octanol–water partition coefficient (Wildman–Crippen LogP) is 3.66. The molecule has 0 unspecified atom stereocenters. The molecule has 0 saturated heterocycles. The van der Waals surface area contributed by atoms with Crippen molar-refractivity contribution in [3.8, 4) is 11.3 Å². The van der Waals surface area contributed by atoms with Crippen molar-refractivity contribution in [3.63, 3.8) is 0 Å². The van der Waals surface area contributed by atoms with E-state index in [1.54, 1.807) is 0 Å². The molecular formula is C13H8IN3O2S. The van der Waals surface area contributed by atoms with Crippen LogP contribution in [0.25, 0.3) is 11.3 Å². The lowest BCUT2D eigenvalue weighted by Crippen LogP contribution is -2.10. The molecule has 0 spiro atoms. The molecule has 2 aromatic heterocycles. The topological polar surface area (TPSA) is 68.0 Å². The van der Waals surface area contributed by atoms with E-state index in [1.165, 1.54) is 27.2 Å². The Morgan fingerprint density at radius 2 is 2.05 bits per heavy atom. The van der Waals surface area contributed by atoms with E-state index in [0.29, 0.717) is 5.13 Å². The van der Waals surface area contributed by atoms with Crippen molar-refractivity contribution in [2.45, 2.75) is 0 Å². The van der Waals surface area contributed by atoms with Gasteiger partial charge in [-0.3, -0.25) is 10.1 Å². The van der Waals surface area contributed by atoms with Crippen LogP contribution in [0.4, 0.5) is 5.13 Å². The fourth-order valence-corrected chi connectivity index (χ4v) is 2.65. The minimum Gasteiger partial charge on any atom is -0.351 e. The average molecular weight is 397 g/mol. The number of anilines is 1. The molecule has 0 fully saturated rings. The van der Waals surface area contributed by atoms with E-state index in [0.717, 1.165) is 11.3 Å². The molecule has 2 heterocycles. The molecule has 0 aliphatic carbocycles. The van der Waals surface area contributed by atoms with E-state index in [4.69, 9.17) is 4.52 Å². The Hall–Kier alpha value is -1.74. The number of carbonyl (C=O) groups is 1. The first-order valence-corrected chi connectivity index (χ1v) is 7.62. The fraction of sp³-hybridized carbons (Fsp3) is 0. The fourth-order valence-electron chi connectivity index (χ4n) is 1.58. The van der Waals surface area contributed by atoms with Crippen LogP contribution in [0.15, 0.2) is 46.4 Å². The number of halogens is 1. The van der Waals surface area contributed by atoms with Gasteiger partial charge in [0.1, 0.15) is 0 Å². The quantitative estimate of drug-likeness (QED) is 0.686. The molecule has 1 amide bonds. The van der Waals surface area contributed by atoms with Gasteiger partial charge in [0.05, 0.1) is 11.9 Å². The SMILES string of the molecule is O=C(Nc1nc(-c2ccc(I)cc2)cs1)c1ccno1. The monoisotopic (exact) mass is 397 g/mol. The van der Waals surface area contributed by atoms with Crippen LogP contribution in [-0.2, 0) is 0 Å². The van der Waals surface area contributed by atoms with Gasteiger partial charge >= 0.3 is 0 Å². The van der Waals surface area contributed by atoms with Gasteiger partial charge in [-0.15, -0.1) is 11.3 Å². The highest BCUT2D eigenvalue weighted by molar-refractivity contribution is 14.1. The number of carbonyl (C=O) groups excluding carboxylic acids is 1. The number of nitrogens with zero attached hydrogens (tertiary/aromatic N) is 2. The molecule has 3 aromatic rings. The normalized spacial score (nSPS) is 10.4. The highest BCUT2D eigenvalue weighted by Crippen LogP contribution is 2.25. The van der Waals surface area contributed by atoms with Crippen molar-refractivity contribution in [1.82, 2.24) is 10.1 Å². The molecule has 5 nitrogen and oxygen atoms in total. The van der Waals surface area contributed by atoms with Crippen molar-refractivity contribution in [1.29, 1.82) is 0 Å². The summed E-state index contributed by atoms with van der Waals surface area (Å²) in [5.41, 5.74) is 1.85. The summed E-state index contributed by atoms with van der Waals surface area (Å²) >= 11 is 3.62. The number of amides is 1. The van der Waals surface area contributed by atoms with Gasteiger partial charge in [0.2, 0.25) is 5.76 Å². The Kier molecular flexibility index (Phi) is 3.79. The summed E-state index contributed by atoms with van der Waals surface area (Å²) in [6.45, 7) is 0. The maximum Gasteiger partial charge on any atom is 0.296 e. The van der Waals surface area contributed by atoms with Gasteiger partial charge in [0, 0.05) is 20.6 Å². The van der Waals surface area contributed by atoms with Crippen molar-refractivity contribution >= 4 is 45.0 Å². The third kappa shape index (κ3) is 2.88. The van der Waals surface area contributed by atoms with Crippen molar-refractivity contribution in [2.75, 3.05) is 5.32 Å². The first kappa shape index (κ1) is 13.3. The van der Waals surface area contributed by atoms with Gasteiger partial charge in [-0.05, 0) is 34.7 Å². The minimum absolute atomic E-state index is 0.163. The third-order valence-electron chi connectivity index (χ3n) is 2.53. The summed E-state index contributed by atoms with van der Waals surface area (Å²) in [5.74, 6) is -0.193. The van der Waals surface area contributed by atoms with E-state index >= 15 is 0 Å². The van der Waals surface area contributed by atoms with Crippen LogP contribution in [0.2, 0.25) is 0 Å². The Morgan fingerprint density at radius 1 is 1.25 bits per heavy atom. The van der Waals surface area contributed by atoms with Crippen LogP contribution in [0.5, 0.6) is 0 Å². The molecule has 20 heavy (non-hydrogen) atoms. The molecule has 0 saturated carbocycles. The molecule has 0 radical (unpaired) electrons. The maximum atomic E-state index is 11.8. The van der Waals surface area contributed by atoms with Gasteiger partial charge in [-0.1, -0.05) is 17.3 Å². The van der Waals surface area contributed by atoms with Crippen LogP contribution in [0.1, 0.15) is 10.6 Å². The van der Waals surface area contributed by atoms with Crippen LogP contribution in [0.3, 0.4) is 0 Å². The second-order valence-electron chi connectivity index (χ2n) is 3.88. The smallest absolute Gasteiger partial charge is 0.296 e. The van der Waals surface area contributed by atoms with Crippen LogP contribution >= 0.6 is 33.9 Å². The molecule has 0 bridgehead atoms. The molecule has 0 aliphatic rings. The van der Waals surface area contributed by atoms with Gasteiger partial charge < -0.3 is 4.52 Å². The van der Waals surface area contributed by atoms with E-state index < -0.39 is 0 Å². The van der Waals surface area contributed by atoms with E-state index in [2.05, 4.69) is 38.0 Å². The second-order valence-corrected chi connectivity index (χ2v) is 5.98. The molecule has 3 rings (SSSR count). The summed E-state index contributed by atoms with van der Waals surface area (Å²) < 4.78 is 5.95. The Bertz CT molecular complexity index is 722. The predicted molar refractivity (Wildman–Crippen MR) is 84.7 cm³/mol. The zero-order chi connectivity index (χ0) is 13.9. The van der Waals surface area contributed by atoms with Crippen LogP contribution in [-0.4, -0.2) is 16.0 Å². The molecular weight excluding hydrogens is 389 g/mol. The molecule has 7 heteroatoms. The number of benzene rings is 1. The van der Waals surface area contributed by atoms with Crippen molar-refractivity contribution < 1.29 is 9.32 Å². The van der Waals surface area contributed by atoms with Gasteiger partial charge in [-0.2, -0.15) is 0 Å². The number of hydrogen-bond donors (Lipinski definition) is 1. The third-order valence-corrected chi connectivity index (χ3v) is 4.00. The van der Waals surface area contributed by atoms with Crippen LogP contribution < -0.4 is 5.32 Å². The van der Waals surface area contributed by atoms with Crippen LogP contribution in [0, 0.1) is 3.57 Å². The zero-order valence-electron chi connectivity index (χ0n) is 10.0. The lowest BCUT2D eigenvalue weighted by molar-refractivity contribution is 0.0988. The molecule has 100 valence electrons. The number of nitrogens with one attached hydrogen (secondary N) is 1. The summed E-state index contributed by atoms with van der Waals surface area (Å²) in [4.78, 5) is 16.2. The molecule has 1 aromatic carbocycles. The van der Waals surface area contributed by atoms with E-state index in [-0.39, 0.29) is 11.7 Å². The molecule has 1 N–H and O–H groups in total. The minimum atomic E-state index is -0.356. The number of hydrogen-bond acceptors (Lipinski definition) is 5. The highest BCUT2D eigenvalue weighted by Gasteiger charge is 2.12. The molecule has 0 aliphatic heterocycles. The number of thiazole rings is 1. The maximum absolute atomic E-state index is 11.8. The Morgan fingerprint density at radius 3 is 2.75 bits per heavy atom. The van der Waals surface area contributed by atoms with E-state index in [9.17, 15) is 4.79 Å². The zero-order valence-corrected chi connectivity index (χ0v) is 13.0. The highest BCUT2D eigenvalue weighted by atomic mass is 127. The van der Waals surface area contributed by atoms with E-state index in [1.807, 2.05) is 29.6 Å². The first-order chi connectivity index (χ1) is 9.72. The lowest BCUT2D eigenvalue weighted by atomic mass is 10.2. The first-order valence-electron chi connectivity index (χ1n) is 5.66. The molecule has 0 atom stereocenters. The number of rotatable bonds is 3. The number of aromatic nitrogens is 2. The Labute approximate surface area is 132 Å². The van der Waals surface area contributed by atoms with Gasteiger partial charge in [0.25, 0.3) is 5.91 Å². The summed E-state index contributed by atoms with van der Waals surface area (Å²) in [6, 6.07) is 9.53. The van der Waals surface area contributed by atoms with Crippen molar-refractivity contribution in [2.24, 2.45) is 0 Å². The van der Waals surface area contributed by atoms with Gasteiger partial charge in [0.15, 0.2) is 5.13 Å². The van der Waals surface area contributed by atoms with Crippen molar-refractivity contribution in [3.05, 3.63) is 51.2 Å². The summed E-state index contributed by atoms with van der Waals surface area (Å²) in [7, 11) is 0. The largest absolute Gasteiger partial charge is 0.351 e. The standard InChI is InChI=1S/C13H8IN3O2S/c14-9-3-1-8(2-4-9)10-7-20-13(16-10)17-12(18)11-5-6-15-19-11/h1-7H,(H,16,17,18).